The van der Waals surface area contributed by atoms with Crippen molar-refractivity contribution in [2.45, 2.75) is 19.6 Å². The van der Waals surface area contributed by atoms with E-state index in [4.69, 9.17) is 14.2 Å². The monoisotopic (exact) mass is 435 g/mol. The molecule has 2 rings (SSSR count). The van der Waals surface area contributed by atoms with Gasteiger partial charge in [-0.25, -0.2) is 0 Å². The first-order chi connectivity index (χ1) is 13.1. The van der Waals surface area contributed by atoms with Crippen molar-refractivity contribution in [1.82, 2.24) is 10.6 Å². The van der Waals surface area contributed by atoms with Gasteiger partial charge in [0.15, 0.2) is 17.5 Å². The van der Waals surface area contributed by atoms with Crippen LogP contribution in [0.3, 0.4) is 0 Å². The van der Waals surface area contributed by atoms with Crippen LogP contribution in [-0.4, -0.2) is 39.9 Å². The lowest BCUT2D eigenvalue weighted by Crippen LogP contribution is -2.41. The Bertz CT molecular complexity index is 768. The zero-order valence-corrected chi connectivity index (χ0v) is 17.7. The van der Waals surface area contributed by atoms with Crippen LogP contribution in [0.5, 0.6) is 17.2 Å². The lowest BCUT2D eigenvalue weighted by atomic mass is 10.2. The number of guanidine groups is 1. The SMILES string of the molecule is CN=C(NCc1ccc(OC)c(OC)c1)NCC(C)Oc1ccccc1Br. The summed E-state index contributed by atoms with van der Waals surface area (Å²) < 4.78 is 17.5. The number of aliphatic imine (C=N–C) groups is 1. The maximum atomic E-state index is 5.94. The molecular weight excluding hydrogens is 410 g/mol. The van der Waals surface area contributed by atoms with Crippen molar-refractivity contribution in [2.75, 3.05) is 27.8 Å². The topological polar surface area (TPSA) is 64.1 Å². The number of nitrogens with one attached hydrogen (secondary N) is 2. The number of hydrogen-bond acceptors (Lipinski definition) is 4. The molecule has 0 heterocycles. The summed E-state index contributed by atoms with van der Waals surface area (Å²) in [4.78, 5) is 4.25. The summed E-state index contributed by atoms with van der Waals surface area (Å²) >= 11 is 3.49. The Balaban J connectivity index is 1.84. The van der Waals surface area contributed by atoms with Crippen molar-refractivity contribution in [1.29, 1.82) is 0 Å². The molecule has 146 valence electrons. The first-order valence-electron chi connectivity index (χ1n) is 8.64. The smallest absolute Gasteiger partial charge is 0.191 e. The quantitative estimate of drug-likeness (QED) is 0.489. The van der Waals surface area contributed by atoms with Gasteiger partial charge in [0, 0.05) is 13.6 Å². The lowest BCUT2D eigenvalue weighted by molar-refractivity contribution is 0.222. The van der Waals surface area contributed by atoms with Crippen molar-refractivity contribution in [2.24, 2.45) is 4.99 Å². The third kappa shape index (κ3) is 6.36. The molecule has 0 saturated carbocycles. The predicted octanol–water partition coefficient (Wildman–Crippen LogP) is 3.60. The highest BCUT2D eigenvalue weighted by Crippen LogP contribution is 2.27. The van der Waals surface area contributed by atoms with Crippen LogP contribution < -0.4 is 24.8 Å². The van der Waals surface area contributed by atoms with Crippen LogP contribution >= 0.6 is 15.9 Å². The minimum Gasteiger partial charge on any atom is -0.493 e. The highest BCUT2D eigenvalue weighted by atomic mass is 79.9. The highest BCUT2D eigenvalue weighted by Gasteiger charge is 2.09. The molecule has 2 aromatic carbocycles. The zero-order valence-electron chi connectivity index (χ0n) is 16.1. The molecule has 0 bridgehead atoms. The zero-order chi connectivity index (χ0) is 19.6. The summed E-state index contributed by atoms with van der Waals surface area (Å²) in [6.45, 7) is 3.24. The minimum absolute atomic E-state index is 0.0247. The average molecular weight is 436 g/mol. The van der Waals surface area contributed by atoms with Gasteiger partial charge in [-0.1, -0.05) is 18.2 Å². The summed E-state index contributed by atoms with van der Waals surface area (Å²) in [5.41, 5.74) is 1.06. The molecule has 0 spiro atoms. The summed E-state index contributed by atoms with van der Waals surface area (Å²) in [6.07, 6.45) is -0.0247. The number of rotatable bonds is 8. The van der Waals surface area contributed by atoms with E-state index in [0.717, 1.165) is 15.8 Å². The fourth-order valence-electron chi connectivity index (χ4n) is 2.44. The van der Waals surface area contributed by atoms with E-state index in [2.05, 4.69) is 31.6 Å². The van der Waals surface area contributed by atoms with Crippen molar-refractivity contribution in [3.8, 4) is 17.2 Å². The molecule has 1 unspecified atom stereocenters. The molecule has 0 radical (unpaired) electrons. The van der Waals surface area contributed by atoms with Crippen LogP contribution in [0.4, 0.5) is 0 Å². The summed E-state index contributed by atoms with van der Waals surface area (Å²) in [5, 5.41) is 6.56. The standard InChI is InChI=1S/C20H26BrN3O3/c1-14(27-17-8-6-5-7-16(17)21)12-23-20(22-2)24-13-15-9-10-18(25-3)19(11-15)26-4/h5-11,14H,12-13H2,1-4H3,(H2,22,23,24). The highest BCUT2D eigenvalue weighted by molar-refractivity contribution is 9.10. The summed E-state index contributed by atoms with van der Waals surface area (Å²) in [6, 6.07) is 13.6. The van der Waals surface area contributed by atoms with Crippen molar-refractivity contribution >= 4 is 21.9 Å². The molecule has 0 aliphatic heterocycles. The normalized spacial score (nSPS) is 12.3. The number of para-hydroxylation sites is 1. The molecule has 2 aromatic rings. The molecule has 6 nitrogen and oxygen atoms in total. The van der Waals surface area contributed by atoms with Crippen LogP contribution in [-0.2, 0) is 6.54 Å². The third-order valence-corrected chi connectivity index (χ3v) is 4.51. The van der Waals surface area contributed by atoms with E-state index in [0.29, 0.717) is 30.5 Å². The van der Waals surface area contributed by atoms with E-state index >= 15 is 0 Å². The molecule has 0 fully saturated rings. The van der Waals surface area contributed by atoms with Gasteiger partial charge in [-0.15, -0.1) is 0 Å². The van der Waals surface area contributed by atoms with E-state index < -0.39 is 0 Å². The van der Waals surface area contributed by atoms with Crippen LogP contribution in [0.2, 0.25) is 0 Å². The molecule has 0 saturated heterocycles. The summed E-state index contributed by atoms with van der Waals surface area (Å²) in [7, 11) is 4.99. The molecule has 7 heteroatoms. The number of benzene rings is 2. The van der Waals surface area contributed by atoms with Gasteiger partial charge in [0.1, 0.15) is 11.9 Å². The summed E-state index contributed by atoms with van der Waals surface area (Å²) in [5.74, 6) is 2.93. The predicted molar refractivity (Wildman–Crippen MR) is 112 cm³/mol. The van der Waals surface area contributed by atoms with Crippen molar-refractivity contribution < 1.29 is 14.2 Å². The third-order valence-electron chi connectivity index (χ3n) is 3.85. The fraction of sp³-hybridized carbons (Fsp3) is 0.350. The molecule has 0 amide bonds. The molecule has 0 aliphatic carbocycles. The lowest BCUT2D eigenvalue weighted by Gasteiger charge is -2.18. The minimum atomic E-state index is -0.0247. The van der Waals surface area contributed by atoms with E-state index in [1.807, 2.05) is 49.4 Å². The van der Waals surface area contributed by atoms with Crippen molar-refractivity contribution in [3.05, 3.63) is 52.5 Å². The Hall–Kier alpha value is -2.41. The van der Waals surface area contributed by atoms with Gasteiger partial charge < -0.3 is 24.8 Å². The van der Waals surface area contributed by atoms with E-state index in [9.17, 15) is 0 Å². The van der Waals surface area contributed by atoms with Crippen LogP contribution in [0.1, 0.15) is 12.5 Å². The number of ether oxygens (including phenoxy) is 3. The number of hydrogen-bond donors (Lipinski definition) is 2. The van der Waals surface area contributed by atoms with Gasteiger partial charge in [0.25, 0.3) is 0 Å². The van der Waals surface area contributed by atoms with Crippen LogP contribution in [0, 0.1) is 0 Å². The Morgan fingerprint density at radius 2 is 1.78 bits per heavy atom. The molecule has 0 aromatic heterocycles. The molecule has 0 aliphatic rings. The Morgan fingerprint density at radius 1 is 1.04 bits per heavy atom. The number of nitrogens with zero attached hydrogens (tertiary/aromatic N) is 1. The molecule has 2 N–H and O–H groups in total. The van der Waals surface area contributed by atoms with E-state index in [1.165, 1.54) is 0 Å². The Labute approximate surface area is 169 Å². The van der Waals surface area contributed by atoms with Gasteiger partial charge in [0.2, 0.25) is 0 Å². The maximum absolute atomic E-state index is 5.94. The molecular formula is C20H26BrN3O3. The Morgan fingerprint density at radius 3 is 2.44 bits per heavy atom. The van der Waals surface area contributed by atoms with Crippen molar-refractivity contribution in [3.63, 3.8) is 0 Å². The second-order valence-electron chi connectivity index (χ2n) is 5.85. The van der Waals surface area contributed by atoms with Crippen LogP contribution in [0.25, 0.3) is 0 Å². The van der Waals surface area contributed by atoms with Gasteiger partial charge in [-0.05, 0) is 52.7 Å². The fourth-order valence-corrected chi connectivity index (χ4v) is 2.81. The second-order valence-corrected chi connectivity index (χ2v) is 6.71. The Kier molecular flexibility index (Phi) is 8.26. The maximum Gasteiger partial charge on any atom is 0.191 e. The number of halogens is 1. The first-order valence-corrected chi connectivity index (χ1v) is 9.43. The second kappa shape index (κ2) is 10.7. The van der Waals surface area contributed by atoms with Gasteiger partial charge in [-0.3, -0.25) is 4.99 Å². The largest absolute Gasteiger partial charge is 0.493 e. The van der Waals surface area contributed by atoms with E-state index in [1.54, 1.807) is 21.3 Å². The van der Waals surface area contributed by atoms with E-state index in [-0.39, 0.29) is 6.10 Å². The first kappa shape index (κ1) is 20.9. The molecule has 1 atom stereocenters. The van der Waals surface area contributed by atoms with Crippen LogP contribution in [0.15, 0.2) is 51.9 Å². The van der Waals surface area contributed by atoms with Gasteiger partial charge in [-0.2, -0.15) is 0 Å². The van der Waals surface area contributed by atoms with Gasteiger partial charge in [0.05, 0.1) is 25.2 Å². The average Bonchev–Trinajstić information content (AvgIpc) is 2.69. The number of methoxy groups -OCH3 is 2. The van der Waals surface area contributed by atoms with Gasteiger partial charge >= 0.3 is 0 Å². The molecule has 27 heavy (non-hydrogen) atoms.